The van der Waals surface area contributed by atoms with Crippen molar-refractivity contribution in [2.75, 3.05) is 13.7 Å². The Labute approximate surface area is 150 Å². The van der Waals surface area contributed by atoms with E-state index in [0.29, 0.717) is 22.5 Å². The van der Waals surface area contributed by atoms with Crippen molar-refractivity contribution in [3.63, 3.8) is 0 Å². The Morgan fingerprint density at radius 3 is 2.62 bits per heavy atom. The molecule has 0 aliphatic rings. The first kappa shape index (κ1) is 18.3. The lowest BCUT2D eigenvalue weighted by atomic mass is 10.1. The Morgan fingerprint density at radius 2 is 2.00 bits per heavy atom. The van der Waals surface area contributed by atoms with Crippen LogP contribution in [0.15, 0.2) is 46.9 Å². The first-order valence-corrected chi connectivity index (χ1v) is 8.36. The number of ether oxygens (including phenoxy) is 2. The highest BCUT2D eigenvalue weighted by molar-refractivity contribution is 9.10. The van der Waals surface area contributed by atoms with Crippen molar-refractivity contribution in [1.29, 1.82) is 0 Å². The minimum absolute atomic E-state index is 0.197. The van der Waals surface area contributed by atoms with Crippen molar-refractivity contribution >= 4 is 21.8 Å². The summed E-state index contributed by atoms with van der Waals surface area (Å²) in [5.41, 5.74) is 7.38. The van der Waals surface area contributed by atoms with Crippen LogP contribution < -0.4 is 20.5 Å². The zero-order valence-electron chi connectivity index (χ0n) is 13.7. The molecule has 0 radical (unpaired) electrons. The van der Waals surface area contributed by atoms with Gasteiger partial charge >= 0.3 is 0 Å². The highest BCUT2D eigenvalue weighted by Gasteiger charge is 2.13. The summed E-state index contributed by atoms with van der Waals surface area (Å²) in [5.74, 6) is 0.484. The lowest BCUT2D eigenvalue weighted by Gasteiger charge is -2.17. The quantitative estimate of drug-likeness (QED) is 0.723. The molecule has 0 saturated carbocycles. The normalized spacial score (nSPS) is 11.8. The molecule has 0 aliphatic heterocycles. The van der Waals surface area contributed by atoms with Crippen molar-refractivity contribution in [2.24, 2.45) is 5.73 Å². The number of nitrogens with one attached hydrogen (secondary N) is 1. The maximum absolute atomic E-state index is 10.9. The third-order valence-corrected chi connectivity index (χ3v) is 4.15. The van der Waals surface area contributed by atoms with E-state index in [1.165, 1.54) is 5.56 Å². The molecule has 0 bridgehead atoms. The SMILES string of the molecule is COc1cc(CN[C@H](C)c2ccccc2)cc(Br)c1OCC(N)=O. The van der Waals surface area contributed by atoms with Crippen LogP contribution in [0.3, 0.4) is 0 Å². The van der Waals surface area contributed by atoms with Crippen molar-refractivity contribution in [3.8, 4) is 11.5 Å². The molecule has 2 aromatic rings. The molecule has 0 saturated heterocycles. The van der Waals surface area contributed by atoms with Gasteiger partial charge < -0.3 is 20.5 Å². The topological polar surface area (TPSA) is 73.6 Å². The molecule has 0 aliphatic carbocycles. The lowest BCUT2D eigenvalue weighted by Crippen LogP contribution is -2.20. The monoisotopic (exact) mass is 392 g/mol. The Hall–Kier alpha value is -2.05. The van der Waals surface area contributed by atoms with Crippen LogP contribution in [0.2, 0.25) is 0 Å². The van der Waals surface area contributed by atoms with Gasteiger partial charge in [-0.25, -0.2) is 0 Å². The number of halogens is 1. The molecule has 2 rings (SSSR count). The Morgan fingerprint density at radius 1 is 1.29 bits per heavy atom. The molecule has 0 spiro atoms. The van der Waals surface area contributed by atoms with Gasteiger partial charge in [0, 0.05) is 12.6 Å². The number of amides is 1. The summed E-state index contributed by atoms with van der Waals surface area (Å²) in [7, 11) is 1.56. The van der Waals surface area contributed by atoms with Gasteiger partial charge in [-0.1, -0.05) is 30.3 Å². The predicted octanol–water partition coefficient (Wildman–Crippen LogP) is 3.17. The fraction of sp³-hybridized carbons (Fsp3) is 0.278. The zero-order valence-corrected chi connectivity index (χ0v) is 15.3. The summed E-state index contributed by atoms with van der Waals surface area (Å²) in [6.45, 7) is 2.59. The standard InChI is InChI=1S/C18H21BrN2O3/c1-12(14-6-4-3-5-7-14)21-10-13-8-15(19)18(16(9-13)23-2)24-11-17(20)22/h3-9,12,21H,10-11H2,1-2H3,(H2,20,22)/t12-/m1/s1. The van der Waals surface area contributed by atoms with Gasteiger partial charge in [-0.2, -0.15) is 0 Å². The Kier molecular flexibility index (Phi) is 6.63. The van der Waals surface area contributed by atoms with E-state index >= 15 is 0 Å². The van der Waals surface area contributed by atoms with Crippen LogP contribution in [0.4, 0.5) is 0 Å². The second-order valence-corrected chi connectivity index (χ2v) is 6.23. The summed E-state index contributed by atoms with van der Waals surface area (Å²) in [4.78, 5) is 10.9. The number of primary amides is 1. The molecular weight excluding hydrogens is 372 g/mol. The van der Waals surface area contributed by atoms with Gasteiger partial charge in [0.1, 0.15) is 0 Å². The highest BCUT2D eigenvalue weighted by Crippen LogP contribution is 2.36. The molecule has 24 heavy (non-hydrogen) atoms. The van der Waals surface area contributed by atoms with Crippen molar-refractivity contribution in [1.82, 2.24) is 5.32 Å². The average molecular weight is 393 g/mol. The third-order valence-electron chi connectivity index (χ3n) is 3.56. The number of hydrogen-bond acceptors (Lipinski definition) is 4. The number of rotatable bonds is 8. The van der Waals surface area contributed by atoms with E-state index in [0.717, 1.165) is 5.56 Å². The molecular formula is C18H21BrN2O3. The maximum Gasteiger partial charge on any atom is 0.255 e. The summed E-state index contributed by atoms with van der Waals surface area (Å²) in [6, 6.07) is 14.3. The summed E-state index contributed by atoms with van der Waals surface area (Å²) in [5, 5.41) is 3.47. The minimum Gasteiger partial charge on any atom is -0.493 e. The molecule has 2 aromatic carbocycles. The van der Waals surface area contributed by atoms with Crippen molar-refractivity contribution in [2.45, 2.75) is 19.5 Å². The second kappa shape index (κ2) is 8.70. The predicted molar refractivity (Wildman–Crippen MR) is 97.1 cm³/mol. The van der Waals surface area contributed by atoms with Crippen LogP contribution in [-0.4, -0.2) is 19.6 Å². The van der Waals surface area contributed by atoms with Crippen molar-refractivity contribution < 1.29 is 14.3 Å². The molecule has 128 valence electrons. The van der Waals surface area contributed by atoms with Gasteiger partial charge in [0.2, 0.25) is 0 Å². The largest absolute Gasteiger partial charge is 0.493 e. The smallest absolute Gasteiger partial charge is 0.255 e. The van der Waals surface area contributed by atoms with Gasteiger partial charge in [0.05, 0.1) is 11.6 Å². The second-order valence-electron chi connectivity index (χ2n) is 5.38. The third kappa shape index (κ3) is 4.97. The molecule has 1 atom stereocenters. The van der Waals surface area contributed by atoms with E-state index in [2.05, 4.69) is 40.3 Å². The number of hydrogen-bond donors (Lipinski definition) is 2. The van der Waals surface area contributed by atoms with Crippen LogP contribution in [0.25, 0.3) is 0 Å². The molecule has 0 aromatic heterocycles. The summed E-state index contributed by atoms with van der Waals surface area (Å²) < 4.78 is 11.5. The molecule has 0 heterocycles. The maximum atomic E-state index is 10.9. The highest BCUT2D eigenvalue weighted by atomic mass is 79.9. The Balaban J connectivity index is 2.08. The van der Waals surface area contributed by atoms with E-state index in [1.807, 2.05) is 30.3 Å². The van der Waals surface area contributed by atoms with Crippen molar-refractivity contribution in [3.05, 3.63) is 58.1 Å². The van der Waals surface area contributed by atoms with Crippen LogP contribution in [-0.2, 0) is 11.3 Å². The molecule has 3 N–H and O–H groups in total. The molecule has 6 heteroatoms. The summed E-state index contributed by atoms with van der Waals surface area (Å²) >= 11 is 3.46. The van der Waals surface area contributed by atoms with Crippen LogP contribution in [0.1, 0.15) is 24.1 Å². The van der Waals surface area contributed by atoms with Gasteiger partial charge in [-0.05, 0) is 46.1 Å². The number of nitrogens with two attached hydrogens (primary N) is 1. The first-order chi connectivity index (χ1) is 11.5. The number of methoxy groups -OCH3 is 1. The van der Waals surface area contributed by atoms with E-state index in [1.54, 1.807) is 7.11 Å². The van der Waals surface area contributed by atoms with Crippen LogP contribution in [0.5, 0.6) is 11.5 Å². The van der Waals surface area contributed by atoms with Crippen LogP contribution in [0, 0.1) is 0 Å². The number of carbonyl (C=O) groups excluding carboxylic acids is 1. The molecule has 0 unspecified atom stereocenters. The minimum atomic E-state index is -0.536. The van der Waals surface area contributed by atoms with E-state index < -0.39 is 5.91 Å². The molecule has 5 nitrogen and oxygen atoms in total. The summed E-state index contributed by atoms with van der Waals surface area (Å²) in [6.07, 6.45) is 0. The zero-order chi connectivity index (χ0) is 17.5. The van der Waals surface area contributed by atoms with Gasteiger partial charge in [-0.15, -0.1) is 0 Å². The van der Waals surface area contributed by atoms with Gasteiger partial charge in [0.25, 0.3) is 5.91 Å². The average Bonchev–Trinajstić information content (AvgIpc) is 2.58. The van der Waals surface area contributed by atoms with E-state index in [9.17, 15) is 4.79 Å². The first-order valence-electron chi connectivity index (χ1n) is 7.57. The molecule has 1 amide bonds. The number of carbonyl (C=O) groups is 1. The van der Waals surface area contributed by atoms with E-state index in [4.69, 9.17) is 15.2 Å². The Bertz CT molecular complexity index is 692. The fourth-order valence-electron chi connectivity index (χ4n) is 2.29. The van der Waals surface area contributed by atoms with Crippen LogP contribution >= 0.6 is 15.9 Å². The molecule has 0 fully saturated rings. The van der Waals surface area contributed by atoms with E-state index in [-0.39, 0.29) is 12.6 Å². The lowest BCUT2D eigenvalue weighted by molar-refractivity contribution is -0.119. The number of benzene rings is 2. The fourth-order valence-corrected chi connectivity index (χ4v) is 2.89. The van der Waals surface area contributed by atoms with Gasteiger partial charge in [0.15, 0.2) is 18.1 Å². The van der Waals surface area contributed by atoms with Gasteiger partial charge in [-0.3, -0.25) is 4.79 Å².